The number of hydrogen-bond donors (Lipinski definition) is 0. The van der Waals surface area contributed by atoms with Crippen LogP contribution in [0.3, 0.4) is 0 Å². The fraction of sp³-hybridized carbons (Fsp3) is 0. The predicted octanol–water partition coefficient (Wildman–Crippen LogP) is 16.8. The van der Waals surface area contributed by atoms with Gasteiger partial charge in [0.25, 0.3) is 0 Å². The molecule has 3 heteroatoms. The largest absolute Gasteiger partial charge is 0.310 e. The standard InChI is InChI=1S/C60H41N3/c1-5-16-42(17-6-1)45-30-36-49(37-31-45)61(48-22-11-4-12-23-48)54-26-14-28-56-58(54)52-24-13-25-53-59-55(27-15-29-57(59)63(56)60(52)53)62(50-38-32-46(33-39-50)43-18-7-2-8-19-43)51-40-34-47(35-41-51)44-20-9-3-10-21-44/h1-41H. The predicted molar refractivity (Wildman–Crippen MR) is 267 cm³/mol. The lowest BCUT2D eigenvalue weighted by atomic mass is 10.0. The number of anilines is 6. The monoisotopic (exact) mass is 803 g/mol. The second-order valence-corrected chi connectivity index (χ2v) is 16.1. The fourth-order valence-electron chi connectivity index (χ4n) is 9.64. The van der Waals surface area contributed by atoms with Gasteiger partial charge in [0.15, 0.2) is 0 Å². The minimum atomic E-state index is 1.10. The van der Waals surface area contributed by atoms with Crippen LogP contribution in [0.25, 0.3) is 71.5 Å². The van der Waals surface area contributed by atoms with E-state index in [1.54, 1.807) is 0 Å². The third-order valence-electron chi connectivity index (χ3n) is 12.5. The minimum Gasteiger partial charge on any atom is -0.310 e. The minimum absolute atomic E-state index is 1.10. The molecule has 0 radical (unpaired) electrons. The summed E-state index contributed by atoms with van der Waals surface area (Å²) in [5, 5.41) is 4.91. The second-order valence-electron chi connectivity index (χ2n) is 16.1. The summed E-state index contributed by atoms with van der Waals surface area (Å²) in [4.78, 5) is 4.84. The maximum atomic E-state index is 2.50. The van der Waals surface area contributed by atoms with E-state index >= 15 is 0 Å². The van der Waals surface area contributed by atoms with Crippen molar-refractivity contribution in [1.29, 1.82) is 0 Å². The molecule has 0 aliphatic rings. The van der Waals surface area contributed by atoms with Gasteiger partial charge in [-0.15, -0.1) is 0 Å². The molecule has 12 aromatic rings. The Morgan fingerprint density at radius 2 is 0.540 bits per heavy atom. The van der Waals surface area contributed by atoms with Crippen LogP contribution in [0.4, 0.5) is 34.1 Å². The maximum Gasteiger partial charge on any atom is 0.0622 e. The lowest BCUT2D eigenvalue weighted by Gasteiger charge is -2.27. The van der Waals surface area contributed by atoms with Crippen molar-refractivity contribution in [2.45, 2.75) is 0 Å². The molecular weight excluding hydrogens is 763 g/mol. The highest BCUT2D eigenvalue weighted by Gasteiger charge is 2.26. The van der Waals surface area contributed by atoms with Gasteiger partial charge in [-0.25, -0.2) is 0 Å². The fourth-order valence-corrected chi connectivity index (χ4v) is 9.64. The quantitative estimate of drug-likeness (QED) is 0.144. The molecule has 0 fully saturated rings. The summed E-state index contributed by atoms with van der Waals surface area (Å²) in [6.07, 6.45) is 0. The number of fused-ring (bicyclic) bond motifs is 6. The Kier molecular flexibility index (Phi) is 8.83. The lowest BCUT2D eigenvalue weighted by Crippen LogP contribution is -2.10. The molecule has 0 saturated carbocycles. The van der Waals surface area contributed by atoms with Gasteiger partial charge in [-0.1, -0.05) is 176 Å². The molecule has 12 rings (SSSR count). The van der Waals surface area contributed by atoms with Gasteiger partial charge in [0.2, 0.25) is 0 Å². The highest BCUT2D eigenvalue weighted by molar-refractivity contribution is 6.28. The molecule has 0 aliphatic heterocycles. The van der Waals surface area contributed by atoms with E-state index in [1.165, 1.54) is 71.5 Å². The smallest absolute Gasteiger partial charge is 0.0622 e. The van der Waals surface area contributed by atoms with Crippen molar-refractivity contribution in [3.05, 3.63) is 249 Å². The summed E-state index contributed by atoms with van der Waals surface area (Å²) in [6, 6.07) is 89.9. The number of hydrogen-bond acceptors (Lipinski definition) is 2. The molecule has 0 amide bonds. The zero-order valence-electron chi connectivity index (χ0n) is 34.5. The van der Waals surface area contributed by atoms with Crippen molar-refractivity contribution >= 4 is 72.2 Å². The topological polar surface area (TPSA) is 10.9 Å². The summed E-state index contributed by atoms with van der Waals surface area (Å²) >= 11 is 0. The van der Waals surface area contributed by atoms with Gasteiger partial charge in [-0.05, 0) is 106 Å². The summed E-state index contributed by atoms with van der Waals surface area (Å²) in [5.74, 6) is 0. The van der Waals surface area contributed by atoms with Gasteiger partial charge >= 0.3 is 0 Å². The summed E-state index contributed by atoms with van der Waals surface area (Å²) in [6.45, 7) is 0. The average Bonchev–Trinajstić information content (AvgIpc) is 3.90. The Labute approximate surface area is 366 Å². The van der Waals surface area contributed by atoms with E-state index < -0.39 is 0 Å². The van der Waals surface area contributed by atoms with Crippen LogP contribution in [0, 0.1) is 0 Å². The van der Waals surface area contributed by atoms with E-state index in [9.17, 15) is 0 Å². The van der Waals surface area contributed by atoms with Gasteiger partial charge in [-0.3, -0.25) is 0 Å². The van der Waals surface area contributed by atoms with Crippen LogP contribution in [0.2, 0.25) is 0 Å². The van der Waals surface area contributed by atoms with E-state index in [-0.39, 0.29) is 0 Å². The summed E-state index contributed by atoms with van der Waals surface area (Å²) in [5.41, 5.74) is 17.5. The van der Waals surface area contributed by atoms with Gasteiger partial charge < -0.3 is 14.2 Å². The third-order valence-corrected chi connectivity index (χ3v) is 12.5. The van der Waals surface area contributed by atoms with E-state index in [1.807, 2.05) is 0 Å². The van der Waals surface area contributed by atoms with Crippen LogP contribution in [-0.4, -0.2) is 4.40 Å². The van der Waals surface area contributed by atoms with Crippen LogP contribution in [0.1, 0.15) is 0 Å². The Bertz CT molecular complexity index is 3420. The number of aromatic nitrogens is 1. The summed E-state index contributed by atoms with van der Waals surface area (Å²) in [7, 11) is 0. The second kappa shape index (κ2) is 15.3. The highest BCUT2D eigenvalue weighted by Crippen LogP contribution is 2.49. The van der Waals surface area contributed by atoms with E-state index in [0.29, 0.717) is 0 Å². The van der Waals surface area contributed by atoms with Crippen molar-refractivity contribution in [1.82, 2.24) is 4.40 Å². The molecule has 0 spiro atoms. The van der Waals surface area contributed by atoms with Crippen molar-refractivity contribution in [2.75, 3.05) is 9.80 Å². The zero-order chi connectivity index (χ0) is 41.7. The molecule has 0 atom stereocenters. The van der Waals surface area contributed by atoms with Gasteiger partial charge in [0.1, 0.15) is 0 Å². The van der Waals surface area contributed by atoms with E-state index in [4.69, 9.17) is 0 Å². The molecule has 10 aromatic carbocycles. The number of rotatable bonds is 9. The molecule has 3 nitrogen and oxygen atoms in total. The Morgan fingerprint density at radius 3 is 0.905 bits per heavy atom. The van der Waals surface area contributed by atoms with Crippen LogP contribution in [-0.2, 0) is 0 Å². The van der Waals surface area contributed by atoms with Crippen LogP contribution in [0.5, 0.6) is 0 Å². The molecule has 0 N–H and O–H groups in total. The first-order valence-corrected chi connectivity index (χ1v) is 21.6. The van der Waals surface area contributed by atoms with Crippen LogP contribution in [0.15, 0.2) is 249 Å². The van der Waals surface area contributed by atoms with Gasteiger partial charge in [-0.2, -0.15) is 0 Å². The average molecular weight is 804 g/mol. The maximum absolute atomic E-state index is 2.50. The summed E-state index contributed by atoms with van der Waals surface area (Å²) < 4.78 is 2.50. The molecule has 0 saturated heterocycles. The van der Waals surface area contributed by atoms with Crippen LogP contribution >= 0.6 is 0 Å². The zero-order valence-corrected chi connectivity index (χ0v) is 34.5. The van der Waals surface area contributed by atoms with Crippen molar-refractivity contribution in [3.63, 3.8) is 0 Å². The SMILES string of the molecule is c1ccc(-c2ccc(N(c3ccccc3)c3cccc4c3c3cccc5c6c(N(c7ccc(-c8ccccc8)cc7)c7ccc(-c8ccccc8)cc7)cccc6n4c35)cc2)cc1. The van der Waals surface area contributed by atoms with Gasteiger partial charge in [0.05, 0.1) is 27.9 Å². The normalized spacial score (nSPS) is 11.5. The molecule has 2 aromatic heterocycles. The third kappa shape index (κ3) is 6.21. The first-order valence-electron chi connectivity index (χ1n) is 21.6. The number of para-hydroxylation sites is 2. The highest BCUT2D eigenvalue weighted by atomic mass is 15.2. The van der Waals surface area contributed by atoms with Crippen molar-refractivity contribution in [3.8, 4) is 33.4 Å². The number of nitrogens with zero attached hydrogens (tertiary/aromatic N) is 3. The van der Waals surface area contributed by atoms with Crippen molar-refractivity contribution in [2.24, 2.45) is 0 Å². The Hall–Kier alpha value is -8.40. The number of benzene rings is 10. The molecule has 0 bridgehead atoms. The molecule has 0 aliphatic carbocycles. The van der Waals surface area contributed by atoms with E-state index in [2.05, 4.69) is 263 Å². The first-order chi connectivity index (χ1) is 31.3. The first kappa shape index (κ1) is 36.5. The molecule has 296 valence electrons. The van der Waals surface area contributed by atoms with Gasteiger partial charge in [0, 0.05) is 44.3 Å². The molecule has 2 heterocycles. The van der Waals surface area contributed by atoms with Crippen LogP contribution < -0.4 is 9.80 Å². The Morgan fingerprint density at radius 1 is 0.238 bits per heavy atom. The lowest BCUT2D eigenvalue weighted by molar-refractivity contribution is 1.29. The molecular formula is C60H41N3. The molecule has 63 heavy (non-hydrogen) atoms. The Balaban J connectivity index is 1.05. The molecule has 0 unspecified atom stereocenters. The van der Waals surface area contributed by atoms with Crippen molar-refractivity contribution < 1.29 is 0 Å². The van der Waals surface area contributed by atoms with E-state index in [0.717, 1.165) is 34.1 Å².